The molecule has 1 aliphatic carbocycles. The van der Waals surface area contributed by atoms with Crippen molar-refractivity contribution in [3.63, 3.8) is 0 Å². The molecular weight excluding hydrogens is 827 g/mol. The third kappa shape index (κ3) is 11.1. The van der Waals surface area contributed by atoms with Crippen LogP contribution in [0.5, 0.6) is 0 Å². The number of likely N-dealkylation sites (tertiary alicyclic amines) is 2. The number of nitrogens with one attached hydrogen (secondary N) is 4. The molecule has 0 saturated carbocycles. The van der Waals surface area contributed by atoms with E-state index in [4.69, 9.17) is 9.47 Å². The van der Waals surface area contributed by atoms with Gasteiger partial charge in [-0.3, -0.25) is 19.2 Å². The fourth-order valence-electron chi connectivity index (χ4n) is 8.78. The topological polar surface area (TPSA) is 180 Å². The fraction of sp³-hybridized carbons (Fsp3) is 0.480. The summed E-state index contributed by atoms with van der Waals surface area (Å²) in [6.07, 6.45) is 7.67. The minimum atomic E-state index is -0.822. The first-order chi connectivity index (χ1) is 30.9. The Morgan fingerprint density at radius 2 is 1.20 bits per heavy atom. The molecule has 2 saturated heterocycles. The van der Waals surface area contributed by atoms with Crippen molar-refractivity contribution in [2.45, 2.75) is 116 Å². The van der Waals surface area contributed by atoms with E-state index < -0.39 is 36.4 Å². The summed E-state index contributed by atoms with van der Waals surface area (Å²) in [4.78, 5) is 81.6. The average molecular weight is 892 g/mol. The summed E-state index contributed by atoms with van der Waals surface area (Å²) >= 11 is 0. The number of methoxy groups -OCH3 is 2. The lowest BCUT2D eigenvalue weighted by Gasteiger charge is -2.31. The smallest absolute Gasteiger partial charge is 0.407 e. The van der Waals surface area contributed by atoms with Crippen LogP contribution in [0.2, 0.25) is 0 Å². The maximum Gasteiger partial charge on any atom is 0.407 e. The van der Waals surface area contributed by atoms with Gasteiger partial charge in [0.25, 0.3) is 0 Å². The molecule has 2 fully saturated rings. The number of carbonyl (C=O) groups excluding carboxylic acids is 6. The van der Waals surface area contributed by atoms with Crippen molar-refractivity contribution in [1.82, 2.24) is 30.3 Å². The van der Waals surface area contributed by atoms with Crippen LogP contribution in [-0.4, -0.2) is 108 Å². The SMILES string of the molecule is COC(=O)N[C@H](C(=O)N1CCC[C@H]1C(=O)Nc1ccc(-c2ccc(C3=CCC(NC(=O)[C@@H]4CCCN4C(=O)[C@@H](NC(=O)OC)C(C)C)C=C3)n2-c2ccc(C(C)(C)C)cc2)cc1)C(C)C. The van der Waals surface area contributed by atoms with E-state index in [0.717, 1.165) is 28.2 Å². The summed E-state index contributed by atoms with van der Waals surface area (Å²) in [5, 5.41) is 11.4. The Bertz CT molecular complexity index is 2290. The number of rotatable bonds is 13. The van der Waals surface area contributed by atoms with E-state index in [9.17, 15) is 28.8 Å². The van der Waals surface area contributed by atoms with E-state index in [2.05, 4.69) is 89.1 Å². The quantitative estimate of drug-likeness (QED) is 0.142. The van der Waals surface area contributed by atoms with Crippen LogP contribution in [0.4, 0.5) is 15.3 Å². The molecule has 1 unspecified atom stereocenters. The number of aromatic nitrogens is 1. The summed E-state index contributed by atoms with van der Waals surface area (Å²) in [6, 6.07) is 17.1. The van der Waals surface area contributed by atoms with Gasteiger partial charge in [0.1, 0.15) is 24.2 Å². The molecule has 15 nitrogen and oxygen atoms in total. The first kappa shape index (κ1) is 48.1. The average Bonchev–Trinajstić information content (AvgIpc) is 4.08. The van der Waals surface area contributed by atoms with E-state index in [0.29, 0.717) is 50.9 Å². The number of hydrogen-bond acceptors (Lipinski definition) is 8. The van der Waals surface area contributed by atoms with Crippen LogP contribution in [0.3, 0.4) is 0 Å². The van der Waals surface area contributed by atoms with Crippen molar-refractivity contribution < 1.29 is 38.2 Å². The molecule has 0 radical (unpaired) electrons. The number of carbonyl (C=O) groups is 6. The van der Waals surface area contributed by atoms with E-state index in [-0.39, 0.29) is 46.9 Å². The molecule has 3 aromatic rings. The summed E-state index contributed by atoms with van der Waals surface area (Å²) in [5.41, 5.74) is 6.52. The highest BCUT2D eigenvalue weighted by molar-refractivity contribution is 5.99. The maximum atomic E-state index is 13.7. The minimum absolute atomic E-state index is 0.0347. The molecule has 65 heavy (non-hydrogen) atoms. The highest BCUT2D eigenvalue weighted by Gasteiger charge is 2.40. The Morgan fingerprint density at radius 3 is 1.68 bits per heavy atom. The first-order valence-corrected chi connectivity index (χ1v) is 22.6. The lowest BCUT2D eigenvalue weighted by Crippen LogP contribution is -2.55. The number of anilines is 1. The van der Waals surface area contributed by atoms with Crippen LogP contribution in [0.25, 0.3) is 22.5 Å². The van der Waals surface area contributed by atoms with Crippen LogP contribution >= 0.6 is 0 Å². The summed E-state index contributed by atoms with van der Waals surface area (Å²) < 4.78 is 11.7. The standard InChI is InChI=1S/C50H65N7O8/c1-30(2)42(53-48(62)64-8)46(60)55-28-10-12-40(55)44(58)51-35-20-14-32(15-21-35)38-26-27-39(57(38)37-24-18-34(19-25-37)50(5,6)7)33-16-22-36(23-17-33)52-45(59)41-13-11-29-56(41)47(61)43(31(3)4)54-49(63)65-9/h14-22,24-27,30-31,36,40-43H,10-13,23,28-29H2,1-9H3,(H,51,58)(H,52,59)(H,53,62)(H,54,63)/t36?,40-,41-,42-,43-/m0/s1. The zero-order valence-electron chi connectivity index (χ0n) is 39.1. The molecule has 3 aliphatic rings. The van der Waals surface area contributed by atoms with Crippen LogP contribution in [0.15, 0.2) is 78.9 Å². The molecular formula is C50H65N7O8. The van der Waals surface area contributed by atoms with Gasteiger partial charge in [-0.25, -0.2) is 9.59 Å². The zero-order chi connectivity index (χ0) is 47.2. The van der Waals surface area contributed by atoms with Crippen LogP contribution < -0.4 is 21.3 Å². The third-order valence-electron chi connectivity index (χ3n) is 12.5. The number of allylic oxidation sites excluding steroid dienone is 2. The zero-order valence-corrected chi connectivity index (χ0v) is 39.1. The van der Waals surface area contributed by atoms with Crippen molar-refractivity contribution in [3.8, 4) is 16.9 Å². The second-order valence-electron chi connectivity index (χ2n) is 18.8. The van der Waals surface area contributed by atoms with Crippen LogP contribution in [0.1, 0.15) is 91.8 Å². The van der Waals surface area contributed by atoms with E-state index in [1.165, 1.54) is 19.8 Å². The Kier molecular flexibility index (Phi) is 15.3. The highest BCUT2D eigenvalue weighted by atomic mass is 16.5. The lowest BCUT2D eigenvalue weighted by atomic mass is 9.87. The highest BCUT2D eigenvalue weighted by Crippen LogP contribution is 2.34. The Hall–Kier alpha value is -6.38. The number of alkyl carbamates (subject to hydrolysis) is 2. The molecule has 5 atom stereocenters. The third-order valence-corrected chi connectivity index (χ3v) is 12.5. The Balaban J connectivity index is 1.19. The summed E-state index contributed by atoms with van der Waals surface area (Å²) in [5.74, 6) is -1.54. The van der Waals surface area contributed by atoms with Crippen LogP contribution in [-0.2, 0) is 34.1 Å². The fourth-order valence-corrected chi connectivity index (χ4v) is 8.78. The van der Waals surface area contributed by atoms with Crippen molar-refractivity contribution in [2.75, 3.05) is 32.6 Å². The molecule has 0 bridgehead atoms. The first-order valence-electron chi connectivity index (χ1n) is 22.6. The van der Waals surface area contributed by atoms with Gasteiger partial charge in [0.2, 0.25) is 23.6 Å². The molecule has 4 N–H and O–H groups in total. The number of hydrogen-bond donors (Lipinski definition) is 4. The molecule has 0 spiro atoms. The summed E-state index contributed by atoms with van der Waals surface area (Å²) in [7, 11) is 2.50. The van der Waals surface area contributed by atoms with Gasteiger partial charge in [-0.05, 0) is 102 Å². The number of ether oxygens (including phenoxy) is 2. The normalized spacial score (nSPS) is 19.4. The van der Waals surface area contributed by atoms with Gasteiger partial charge in [-0.1, -0.05) is 91.0 Å². The largest absolute Gasteiger partial charge is 0.453 e. The molecule has 2 aliphatic heterocycles. The van der Waals surface area contributed by atoms with Crippen molar-refractivity contribution in [1.29, 1.82) is 0 Å². The van der Waals surface area contributed by atoms with Gasteiger partial charge < -0.3 is 45.1 Å². The molecule has 1 aromatic heterocycles. The Morgan fingerprint density at radius 1 is 0.677 bits per heavy atom. The Labute approximate surface area is 382 Å². The molecule has 348 valence electrons. The summed E-state index contributed by atoms with van der Waals surface area (Å²) in [6.45, 7) is 14.7. The van der Waals surface area contributed by atoms with Gasteiger partial charge in [0.15, 0.2) is 0 Å². The molecule has 6 rings (SSSR count). The van der Waals surface area contributed by atoms with Crippen LogP contribution in [0, 0.1) is 11.8 Å². The van der Waals surface area contributed by atoms with Gasteiger partial charge in [-0.15, -0.1) is 0 Å². The van der Waals surface area contributed by atoms with Gasteiger partial charge in [0, 0.05) is 24.5 Å². The predicted molar refractivity (Wildman–Crippen MR) is 250 cm³/mol. The molecule has 2 aromatic carbocycles. The monoisotopic (exact) mass is 891 g/mol. The van der Waals surface area contributed by atoms with Crippen molar-refractivity contribution >= 4 is 47.1 Å². The van der Waals surface area contributed by atoms with E-state index >= 15 is 0 Å². The maximum absolute atomic E-state index is 13.7. The second kappa shape index (κ2) is 20.6. The number of amides is 6. The molecule has 15 heteroatoms. The van der Waals surface area contributed by atoms with E-state index in [1.54, 1.807) is 9.80 Å². The molecule has 3 heterocycles. The number of nitrogens with zero attached hydrogens (tertiary/aromatic N) is 3. The second-order valence-corrected chi connectivity index (χ2v) is 18.8. The van der Waals surface area contributed by atoms with Crippen molar-refractivity contribution in [2.24, 2.45) is 11.8 Å². The van der Waals surface area contributed by atoms with Gasteiger partial charge >= 0.3 is 12.2 Å². The predicted octanol–water partition coefficient (Wildman–Crippen LogP) is 6.95. The van der Waals surface area contributed by atoms with Gasteiger partial charge in [0.05, 0.1) is 31.6 Å². The van der Waals surface area contributed by atoms with E-state index in [1.807, 2.05) is 64.1 Å². The minimum Gasteiger partial charge on any atom is -0.453 e. The van der Waals surface area contributed by atoms with Crippen molar-refractivity contribution in [3.05, 3.63) is 90.1 Å². The van der Waals surface area contributed by atoms with Gasteiger partial charge in [-0.2, -0.15) is 0 Å². The molecule has 6 amide bonds. The number of benzene rings is 2. The lowest BCUT2D eigenvalue weighted by molar-refractivity contribution is -0.140.